The van der Waals surface area contributed by atoms with Crippen molar-refractivity contribution in [3.63, 3.8) is 0 Å². The van der Waals surface area contributed by atoms with Crippen LogP contribution in [0.1, 0.15) is 23.1 Å². The van der Waals surface area contributed by atoms with Crippen LogP contribution >= 0.6 is 0 Å². The number of aliphatic hydroxyl groups is 1. The Bertz CT molecular complexity index is 528. The average Bonchev–Trinajstić information content (AvgIpc) is 2.39. The average molecular weight is 260 g/mol. The van der Waals surface area contributed by atoms with Crippen LogP contribution in [0.5, 0.6) is 0 Å². The fourth-order valence-electron chi connectivity index (χ4n) is 1.84. The van der Waals surface area contributed by atoms with Gasteiger partial charge in [0.2, 0.25) is 0 Å². The highest BCUT2D eigenvalue weighted by Gasteiger charge is 2.07. The van der Waals surface area contributed by atoms with Crippen LogP contribution in [0, 0.1) is 12.7 Å². The van der Waals surface area contributed by atoms with Gasteiger partial charge in [-0.3, -0.25) is 4.98 Å². The first-order valence-corrected chi connectivity index (χ1v) is 6.22. The minimum Gasteiger partial charge on any atom is -0.387 e. The first kappa shape index (κ1) is 13.6. The number of aliphatic hydroxyl groups excluding tert-OH is 1. The summed E-state index contributed by atoms with van der Waals surface area (Å²) >= 11 is 0. The molecule has 2 aromatic rings. The molecular weight excluding hydrogens is 243 g/mol. The van der Waals surface area contributed by atoms with Gasteiger partial charge in [-0.1, -0.05) is 18.2 Å². The van der Waals surface area contributed by atoms with E-state index < -0.39 is 6.10 Å². The van der Waals surface area contributed by atoms with E-state index >= 15 is 0 Å². The highest BCUT2D eigenvalue weighted by molar-refractivity contribution is 5.18. The molecule has 19 heavy (non-hydrogen) atoms. The highest BCUT2D eigenvalue weighted by Crippen LogP contribution is 2.12. The third-order valence-electron chi connectivity index (χ3n) is 2.84. The second kappa shape index (κ2) is 6.41. The van der Waals surface area contributed by atoms with Crippen molar-refractivity contribution in [3.8, 4) is 0 Å². The molecule has 4 heteroatoms. The van der Waals surface area contributed by atoms with E-state index in [1.54, 1.807) is 12.1 Å². The molecule has 0 fully saturated rings. The van der Waals surface area contributed by atoms with Crippen molar-refractivity contribution in [2.75, 3.05) is 6.54 Å². The van der Waals surface area contributed by atoms with E-state index in [4.69, 9.17) is 0 Å². The Labute approximate surface area is 112 Å². The van der Waals surface area contributed by atoms with E-state index in [2.05, 4.69) is 10.3 Å². The van der Waals surface area contributed by atoms with Crippen LogP contribution < -0.4 is 5.32 Å². The predicted molar refractivity (Wildman–Crippen MR) is 72.0 cm³/mol. The number of aryl methyl sites for hydroxylation is 1. The van der Waals surface area contributed by atoms with E-state index in [0.29, 0.717) is 18.7 Å². The van der Waals surface area contributed by atoms with Crippen LogP contribution in [-0.4, -0.2) is 16.6 Å². The normalized spacial score (nSPS) is 12.4. The molecule has 0 radical (unpaired) electrons. The fourth-order valence-corrected chi connectivity index (χ4v) is 1.84. The van der Waals surface area contributed by atoms with Gasteiger partial charge in [-0.2, -0.15) is 0 Å². The third kappa shape index (κ3) is 4.12. The van der Waals surface area contributed by atoms with Crippen molar-refractivity contribution in [3.05, 3.63) is 65.2 Å². The predicted octanol–water partition coefficient (Wildman–Crippen LogP) is 2.35. The zero-order chi connectivity index (χ0) is 13.7. The maximum Gasteiger partial charge on any atom is 0.123 e. The quantitative estimate of drug-likeness (QED) is 0.867. The number of pyridine rings is 1. The van der Waals surface area contributed by atoms with E-state index in [1.807, 2.05) is 25.1 Å². The summed E-state index contributed by atoms with van der Waals surface area (Å²) in [6, 6.07) is 11.7. The van der Waals surface area contributed by atoms with Gasteiger partial charge in [0, 0.05) is 18.8 Å². The summed E-state index contributed by atoms with van der Waals surface area (Å²) in [4.78, 5) is 4.36. The van der Waals surface area contributed by atoms with E-state index in [-0.39, 0.29) is 5.82 Å². The molecule has 0 aliphatic carbocycles. The number of benzene rings is 1. The SMILES string of the molecule is Cc1cccc(CNCC(O)c2ccc(F)cc2)n1. The first-order chi connectivity index (χ1) is 9.15. The van der Waals surface area contributed by atoms with Gasteiger partial charge >= 0.3 is 0 Å². The second-order valence-corrected chi connectivity index (χ2v) is 4.47. The molecule has 1 unspecified atom stereocenters. The smallest absolute Gasteiger partial charge is 0.123 e. The van der Waals surface area contributed by atoms with Crippen LogP contribution in [0.4, 0.5) is 4.39 Å². The number of hydrogen-bond acceptors (Lipinski definition) is 3. The zero-order valence-electron chi connectivity index (χ0n) is 10.8. The van der Waals surface area contributed by atoms with Crippen molar-refractivity contribution < 1.29 is 9.50 Å². The van der Waals surface area contributed by atoms with Gasteiger partial charge in [-0.25, -0.2) is 4.39 Å². The summed E-state index contributed by atoms with van der Waals surface area (Å²) in [5, 5.41) is 13.1. The van der Waals surface area contributed by atoms with Gasteiger partial charge in [0.25, 0.3) is 0 Å². The first-order valence-electron chi connectivity index (χ1n) is 6.22. The summed E-state index contributed by atoms with van der Waals surface area (Å²) in [5.41, 5.74) is 2.61. The Kier molecular flexibility index (Phi) is 4.60. The summed E-state index contributed by atoms with van der Waals surface area (Å²) in [6.07, 6.45) is -0.648. The Morgan fingerprint density at radius 3 is 2.63 bits per heavy atom. The van der Waals surface area contributed by atoms with Gasteiger partial charge < -0.3 is 10.4 Å². The van der Waals surface area contributed by atoms with Gasteiger partial charge in [0.05, 0.1) is 11.8 Å². The summed E-state index contributed by atoms with van der Waals surface area (Å²) < 4.78 is 12.8. The lowest BCUT2D eigenvalue weighted by Gasteiger charge is -2.12. The van der Waals surface area contributed by atoms with E-state index in [9.17, 15) is 9.50 Å². The number of rotatable bonds is 5. The summed E-state index contributed by atoms with van der Waals surface area (Å²) in [5.74, 6) is -0.298. The molecule has 0 saturated heterocycles. The highest BCUT2D eigenvalue weighted by atomic mass is 19.1. The number of hydrogen-bond donors (Lipinski definition) is 2. The molecule has 0 bridgehead atoms. The number of halogens is 1. The lowest BCUT2D eigenvalue weighted by molar-refractivity contribution is 0.174. The standard InChI is InChI=1S/C15H17FN2O/c1-11-3-2-4-14(18-11)9-17-10-15(19)12-5-7-13(16)8-6-12/h2-8,15,17,19H,9-10H2,1H3. The second-order valence-electron chi connectivity index (χ2n) is 4.47. The molecule has 2 N–H and O–H groups in total. The monoisotopic (exact) mass is 260 g/mol. The van der Waals surface area contributed by atoms with Crippen molar-refractivity contribution in [2.24, 2.45) is 0 Å². The zero-order valence-corrected chi connectivity index (χ0v) is 10.8. The number of nitrogens with zero attached hydrogens (tertiary/aromatic N) is 1. The Morgan fingerprint density at radius 1 is 1.21 bits per heavy atom. The molecule has 100 valence electrons. The molecule has 1 aromatic heterocycles. The van der Waals surface area contributed by atoms with Crippen LogP contribution in [0.25, 0.3) is 0 Å². The number of aromatic nitrogens is 1. The van der Waals surface area contributed by atoms with Crippen molar-refractivity contribution in [1.29, 1.82) is 0 Å². The maximum atomic E-state index is 12.8. The van der Waals surface area contributed by atoms with Crippen LogP contribution in [0.3, 0.4) is 0 Å². The topological polar surface area (TPSA) is 45.1 Å². The van der Waals surface area contributed by atoms with Gasteiger partial charge in [-0.05, 0) is 36.8 Å². The fraction of sp³-hybridized carbons (Fsp3) is 0.267. The molecule has 0 saturated carbocycles. The van der Waals surface area contributed by atoms with Gasteiger partial charge in [0.15, 0.2) is 0 Å². The Morgan fingerprint density at radius 2 is 1.95 bits per heavy atom. The van der Waals surface area contributed by atoms with E-state index in [1.165, 1.54) is 12.1 Å². The Balaban J connectivity index is 1.84. The van der Waals surface area contributed by atoms with Crippen molar-refractivity contribution in [1.82, 2.24) is 10.3 Å². The van der Waals surface area contributed by atoms with Crippen LogP contribution in [-0.2, 0) is 6.54 Å². The van der Waals surface area contributed by atoms with Crippen LogP contribution in [0.15, 0.2) is 42.5 Å². The lowest BCUT2D eigenvalue weighted by Crippen LogP contribution is -2.21. The molecule has 1 heterocycles. The minimum absolute atomic E-state index is 0.298. The molecule has 3 nitrogen and oxygen atoms in total. The Hall–Kier alpha value is -1.78. The third-order valence-corrected chi connectivity index (χ3v) is 2.84. The van der Waals surface area contributed by atoms with Crippen molar-refractivity contribution in [2.45, 2.75) is 19.6 Å². The van der Waals surface area contributed by atoms with E-state index in [0.717, 1.165) is 11.4 Å². The molecule has 1 aromatic carbocycles. The minimum atomic E-state index is -0.648. The molecule has 1 atom stereocenters. The molecule has 0 amide bonds. The van der Waals surface area contributed by atoms with Crippen molar-refractivity contribution >= 4 is 0 Å². The molecule has 0 aliphatic heterocycles. The molecule has 0 aliphatic rings. The van der Waals surface area contributed by atoms with Crippen LogP contribution in [0.2, 0.25) is 0 Å². The summed E-state index contributed by atoms with van der Waals surface area (Å²) in [6.45, 7) is 2.94. The molecular formula is C15H17FN2O. The lowest BCUT2D eigenvalue weighted by atomic mass is 10.1. The maximum absolute atomic E-state index is 12.8. The van der Waals surface area contributed by atoms with Gasteiger partial charge in [0.1, 0.15) is 5.82 Å². The molecule has 0 spiro atoms. The molecule has 2 rings (SSSR count). The number of nitrogens with one attached hydrogen (secondary N) is 1. The van der Waals surface area contributed by atoms with Gasteiger partial charge in [-0.15, -0.1) is 0 Å². The largest absolute Gasteiger partial charge is 0.387 e. The summed E-state index contributed by atoms with van der Waals surface area (Å²) in [7, 11) is 0.